The van der Waals surface area contributed by atoms with E-state index in [0.717, 1.165) is 16.0 Å². The molecule has 26 heavy (non-hydrogen) atoms. The van der Waals surface area contributed by atoms with Gasteiger partial charge in [-0.1, -0.05) is 0 Å². The van der Waals surface area contributed by atoms with Crippen LogP contribution in [0.4, 0.5) is 0 Å². The third-order valence-electron chi connectivity index (χ3n) is 3.06. The second-order valence-electron chi connectivity index (χ2n) is 5.63. The summed E-state index contributed by atoms with van der Waals surface area (Å²) >= 11 is 1.02. The van der Waals surface area contributed by atoms with Crippen molar-refractivity contribution in [2.75, 3.05) is 33.5 Å². The summed E-state index contributed by atoms with van der Waals surface area (Å²) in [6.07, 6.45) is 0.877. The van der Waals surface area contributed by atoms with Gasteiger partial charge in [0.25, 0.3) is 10.0 Å². The topological polar surface area (TPSA) is 128 Å². The second kappa shape index (κ2) is 8.47. The minimum atomic E-state index is -4.47. The van der Waals surface area contributed by atoms with Gasteiger partial charge < -0.3 is 14.5 Å². The molecular weight excluding hydrogens is 401 g/mol. The molecule has 0 unspecified atom stereocenters. The highest BCUT2D eigenvalue weighted by Crippen LogP contribution is 2.35. The molecule has 4 N–H and O–H groups in total. The summed E-state index contributed by atoms with van der Waals surface area (Å²) < 4.78 is 45.3. The molecular formula is C14H21N3O6PS2+. The van der Waals surface area contributed by atoms with Crippen LogP contribution in [-0.4, -0.2) is 62.7 Å². The fraction of sp³-hybridized carbons (Fsp3) is 0.357. The summed E-state index contributed by atoms with van der Waals surface area (Å²) in [5, 5.41) is 3.75. The van der Waals surface area contributed by atoms with E-state index in [9.17, 15) is 13.0 Å². The van der Waals surface area contributed by atoms with Gasteiger partial charge in [0.1, 0.15) is 29.4 Å². The van der Waals surface area contributed by atoms with Gasteiger partial charge in [0.15, 0.2) is 0 Å². The number of hydrogen-bond donors (Lipinski definition) is 4. The molecule has 0 bridgehead atoms. The Balaban J connectivity index is 2.06. The molecule has 12 heteroatoms. The van der Waals surface area contributed by atoms with Gasteiger partial charge in [0.2, 0.25) is 6.34 Å². The highest BCUT2D eigenvalue weighted by Gasteiger charge is 2.22. The predicted molar refractivity (Wildman–Crippen MR) is 101 cm³/mol. The monoisotopic (exact) mass is 422 g/mol. The fourth-order valence-electron chi connectivity index (χ4n) is 1.93. The molecule has 1 aromatic heterocycles. The van der Waals surface area contributed by atoms with Gasteiger partial charge in [0, 0.05) is 4.70 Å². The number of rotatable bonds is 9. The van der Waals surface area contributed by atoms with Crippen molar-refractivity contribution in [1.82, 2.24) is 10.0 Å². The molecule has 0 fully saturated rings. The normalized spacial score (nSPS) is 12.2. The van der Waals surface area contributed by atoms with E-state index in [-0.39, 0.29) is 4.21 Å². The molecule has 0 amide bonds. The Bertz CT molecular complexity index is 947. The van der Waals surface area contributed by atoms with Crippen LogP contribution < -0.4 is 14.8 Å². The van der Waals surface area contributed by atoms with Gasteiger partial charge >= 0.3 is 7.60 Å². The first-order chi connectivity index (χ1) is 12.1. The molecule has 0 radical (unpaired) electrons. The van der Waals surface area contributed by atoms with E-state index in [0.29, 0.717) is 24.3 Å². The SMILES string of the molecule is C[N+](C)=CNCCOc1ccc2sc(S(=O)(=O)NCP(=O)(O)O)cc2c1. The van der Waals surface area contributed by atoms with Gasteiger partial charge in [-0.05, 0) is 29.7 Å². The molecule has 1 heterocycles. The molecule has 144 valence electrons. The largest absolute Gasteiger partial charge is 0.489 e. The van der Waals surface area contributed by atoms with E-state index in [2.05, 4.69) is 5.32 Å². The average Bonchev–Trinajstić information content (AvgIpc) is 2.96. The molecule has 0 aliphatic carbocycles. The maximum absolute atomic E-state index is 12.1. The number of sulfonamides is 1. The van der Waals surface area contributed by atoms with E-state index < -0.39 is 23.9 Å². The van der Waals surface area contributed by atoms with Crippen LogP contribution in [-0.2, 0) is 14.6 Å². The number of ether oxygens (including phenoxy) is 1. The molecule has 2 aromatic rings. The quantitative estimate of drug-likeness (QED) is 0.153. The van der Waals surface area contributed by atoms with Crippen molar-refractivity contribution in [3.63, 3.8) is 0 Å². The Morgan fingerprint density at radius 3 is 2.69 bits per heavy atom. The van der Waals surface area contributed by atoms with Crippen LogP contribution >= 0.6 is 18.9 Å². The van der Waals surface area contributed by atoms with Gasteiger partial charge in [-0.15, -0.1) is 11.3 Å². The summed E-state index contributed by atoms with van der Waals surface area (Å²) in [5.74, 6) is 0.606. The fourth-order valence-corrected chi connectivity index (χ4v) is 5.37. The first-order valence-electron chi connectivity index (χ1n) is 7.51. The van der Waals surface area contributed by atoms with Crippen LogP contribution in [0, 0.1) is 0 Å². The Morgan fingerprint density at radius 1 is 1.31 bits per heavy atom. The van der Waals surface area contributed by atoms with E-state index in [1.807, 2.05) is 29.7 Å². The van der Waals surface area contributed by atoms with Crippen molar-refractivity contribution >= 4 is 45.4 Å². The maximum Gasteiger partial charge on any atom is 0.340 e. The molecule has 0 saturated carbocycles. The van der Waals surface area contributed by atoms with Crippen molar-refractivity contribution in [3.8, 4) is 5.75 Å². The van der Waals surface area contributed by atoms with E-state index in [4.69, 9.17) is 14.5 Å². The summed E-state index contributed by atoms with van der Waals surface area (Å²) in [4.78, 5) is 17.6. The summed E-state index contributed by atoms with van der Waals surface area (Å²) in [6, 6.07) is 6.67. The van der Waals surface area contributed by atoms with Crippen molar-refractivity contribution in [2.45, 2.75) is 4.21 Å². The highest BCUT2D eigenvalue weighted by atomic mass is 32.2. The molecule has 0 atom stereocenters. The molecule has 0 aliphatic rings. The zero-order valence-corrected chi connectivity index (χ0v) is 16.8. The summed E-state index contributed by atoms with van der Waals surface area (Å²) in [5.41, 5.74) is 0. The standard InChI is InChI=1S/C14H20N3O6PS2/c1-17(2)9-15-5-6-23-12-3-4-13-11(7-12)8-14(25-13)26(21,22)16-10-24(18,19)20/h3-4,7-9,16H,5-6,10H2,1-2H3,(H2,18,19,20)/p+1. The third kappa shape index (κ3) is 6.35. The molecule has 0 spiro atoms. The molecule has 0 saturated heterocycles. The maximum atomic E-state index is 12.1. The third-order valence-corrected chi connectivity index (χ3v) is 6.83. The zero-order valence-electron chi connectivity index (χ0n) is 14.2. The first-order valence-corrected chi connectivity index (χ1v) is 11.6. The van der Waals surface area contributed by atoms with Gasteiger partial charge in [-0.2, -0.15) is 4.72 Å². The van der Waals surface area contributed by atoms with Crippen molar-refractivity contribution in [2.24, 2.45) is 0 Å². The first kappa shape index (κ1) is 20.8. The Hall–Kier alpha value is -1.49. The Labute approximate surface area is 155 Å². The number of fused-ring (bicyclic) bond motifs is 1. The van der Waals surface area contributed by atoms with Crippen LogP contribution in [0.1, 0.15) is 0 Å². The Morgan fingerprint density at radius 2 is 2.04 bits per heavy atom. The number of thiophene rings is 1. The average molecular weight is 422 g/mol. The molecule has 2 rings (SSSR count). The van der Waals surface area contributed by atoms with E-state index in [1.165, 1.54) is 6.07 Å². The summed E-state index contributed by atoms with van der Waals surface area (Å²) in [7, 11) is -4.65. The minimum absolute atomic E-state index is 0.0136. The van der Waals surface area contributed by atoms with Crippen molar-refractivity contribution in [1.29, 1.82) is 0 Å². The molecule has 9 nitrogen and oxygen atoms in total. The lowest BCUT2D eigenvalue weighted by Crippen LogP contribution is -2.23. The van der Waals surface area contributed by atoms with E-state index in [1.54, 1.807) is 18.2 Å². The number of benzene rings is 1. The minimum Gasteiger partial charge on any atom is -0.489 e. The van der Waals surface area contributed by atoms with Gasteiger partial charge in [-0.25, -0.2) is 8.42 Å². The Kier molecular flexibility index (Phi) is 6.78. The molecule has 0 aliphatic heterocycles. The zero-order chi connectivity index (χ0) is 19.4. The van der Waals surface area contributed by atoms with Gasteiger partial charge in [0.05, 0.1) is 14.1 Å². The van der Waals surface area contributed by atoms with Crippen LogP contribution in [0.2, 0.25) is 0 Å². The second-order valence-corrected chi connectivity index (χ2v) is 10.4. The van der Waals surface area contributed by atoms with Crippen LogP contribution in [0.5, 0.6) is 5.75 Å². The lowest BCUT2D eigenvalue weighted by molar-refractivity contribution is -0.461. The van der Waals surface area contributed by atoms with Crippen molar-refractivity contribution in [3.05, 3.63) is 24.3 Å². The number of hydrogen-bond acceptors (Lipinski definition) is 5. The van der Waals surface area contributed by atoms with Crippen LogP contribution in [0.25, 0.3) is 10.1 Å². The number of nitrogens with zero attached hydrogens (tertiary/aromatic N) is 1. The lowest BCUT2D eigenvalue weighted by Gasteiger charge is -2.05. The predicted octanol–water partition coefficient (Wildman–Crippen LogP) is 0.584. The van der Waals surface area contributed by atoms with Crippen LogP contribution in [0.15, 0.2) is 28.5 Å². The van der Waals surface area contributed by atoms with Gasteiger partial charge in [-0.3, -0.25) is 14.5 Å². The number of nitrogens with one attached hydrogen (secondary N) is 2. The summed E-state index contributed by atoms with van der Waals surface area (Å²) in [6.45, 7) is 1.06. The van der Waals surface area contributed by atoms with E-state index >= 15 is 0 Å². The lowest BCUT2D eigenvalue weighted by atomic mass is 10.2. The molecule has 1 aromatic carbocycles. The smallest absolute Gasteiger partial charge is 0.340 e. The van der Waals surface area contributed by atoms with Crippen molar-refractivity contribution < 1.29 is 32.1 Å². The highest BCUT2D eigenvalue weighted by molar-refractivity contribution is 7.92. The van der Waals surface area contributed by atoms with Crippen LogP contribution in [0.3, 0.4) is 0 Å².